The molecule has 1 heterocycles. The number of nitrogens with one attached hydrogen (secondary N) is 1. The second-order valence-corrected chi connectivity index (χ2v) is 4.48. The van der Waals surface area contributed by atoms with E-state index in [1.165, 1.54) is 5.39 Å². The van der Waals surface area contributed by atoms with Gasteiger partial charge in [-0.1, -0.05) is 37.3 Å². The number of hydrogen-bond donors (Lipinski definition) is 1. The Morgan fingerprint density at radius 2 is 2.11 bits per heavy atom. The highest BCUT2D eigenvalue weighted by atomic mass is 14.9. The van der Waals surface area contributed by atoms with Crippen molar-refractivity contribution in [3.05, 3.63) is 54.7 Å². The van der Waals surface area contributed by atoms with Gasteiger partial charge >= 0.3 is 0 Å². The van der Waals surface area contributed by atoms with E-state index < -0.39 is 0 Å². The molecule has 18 heavy (non-hydrogen) atoms. The van der Waals surface area contributed by atoms with Gasteiger partial charge in [0.15, 0.2) is 0 Å². The highest BCUT2D eigenvalue weighted by Crippen LogP contribution is 2.13. The van der Waals surface area contributed by atoms with Gasteiger partial charge in [-0.05, 0) is 25.1 Å². The number of fused-ring (bicyclic) bond motifs is 1. The highest BCUT2D eigenvalue weighted by molar-refractivity contribution is 5.78. The molecule has 0 aliphatic heterocycles. The topological polar surface area (TPSA) is 24.9 Å². The molecule has 94 valence electrons. The summed E-state index contributed by atoms with van der Waals surface area (Å²) in [6, 6.07) is 12.9. The van der Waals surface area contributed by atoms with E-state index in [4.69, 9.17) is 4.98 Å². The lowest BCUT2D eigenvalue weighted by Gasteiger charge is -2.15. The fraction of sp³-hybridized carbons (Fsp3) is 0.312. The Balaban J connectivity index is 2.17. The van der Waals surface area contributed by atoms with Crippen molar-refractivity contribution in [1.82, 2.24) is 10.3 Å². The number of rotatable bonds is 6. The Labute approximate surface area is 109 Å². The zero-order chi connectivity index (χ0) is 12.8. The summed E-state index contributed by atoms with van der Waals surface area (Å²) in [7, 11) is 0. The van der Waals surface area contributed by atoms with Crippen LogP contribution in [0.1, 0.15) is 19.0 Å². The summed E-state index contributed by atoms with van der Waals surface area (Å²) in [5, 5.41) is 4.67. The summed E-state index contributed by atoms with van der Waals surface area (Å²) >= 11 is 0. The average molecular weight is 240 g/mol. The fourth-order valence-corrected chi connectivity index (χ4v) is 2.20. The SMILES string of the molecule is C=CCC(Cc1ccc2ccccc2n1)NCC. The van der Waals surface area contributed by atoms with Gasteiger partial charge in [0.2, 0.25) is 0 Å². The van der Waals surface area contributed by atoms with Crippen molar-refractivity contribution in [2.45, 2.75) is 25.8 Å². The smallest absolute Gasteiger partial charge is 0.0705 e. The van der Waals surface area contributed by atoms with E-state index in [9.17, 15) is 0 Å². The molecule has 2 aromatic rings. The second-order valence-electron chi connectivity index (χ2n) is 4.48. The standard InChI is InChI=1S/C16H20N2/c1-3-7-14(17-4-2)12-15-11-10-13-8-5-6-9-16(13)18-15/h3,5-6,8-11,14,17H,1,4,7,12H2,2H3. The molecular formula is C16H20N2. The normalized spacial score (nSPS) is 12.5. The Bertz CT molecular complexity index is 519. The summed E-state index contributed by atoms with van der Waals surface area (Å²) in [5.74, 6) is 0. The predicted octanol–water partition coefficient (Wildman–Crippen LogP) is 3.33. The van der Waals surface area contributed by atoms with Crippen LogP contribution in [0.4, 0.5) is 0 Å². The van der Waals surface area contributed by atoms with Crippen LogP contribution in [0, 0.1) is 0 Å². The molecule has 2 nitrogen and oxygen atoms in total. The quantitative estimate of drug-likeness (QED) is 0.783. The van der Waals surface area contributed by atoms with Gasteiger partial charge in [0.05, 0.1) is 5.52 Å². The van der Waals surface area contributed by atoms with E-state index >= 15 is 0 Å². The van der Waals surface area contributed by atoms with Gasteiger partial charge < -0.3 is 5.32 Å². The summed E-state index contributed by atoms with van der Waals surface area (Å²) in [5.41, 5.74) is 2.21. The van der Waals surface area contributed by atoms with Gasteiger partial charge in [0.25, 0.3) is 0 Å². The monoisotopic (exact) mass is 240 g/mol. The van der Waals surface area contributed by atoms with Crippen LogP contribution in [0.3, 0.4) is 0 Å². The van der Waals surface area contributed by atoms with E-state index in [1.54, 1.807) is 0 Å². The van der Waals surface area contributed by atoms with Crippen molar-refractivity contribution < 1.29 is 0 Å². The van der Waals surface area contributed by atoms with Crippen molar-refractivity contribution in [2.24, 2.45) is 0 Å². The number of benzene rings is 1. The Hall–Kier alpha value is -1.67. The van der Waals surface area contributed by atoms with Crippen LogP contribution in [0.2, 0.25) is 0 Å². The molecule has 0 bridgehead atoms. The minimum atomic E-state index is 0.432. The van der Waals surface area contributed by atoms with Crippen LogP contribution in [0.25, 0.3) is 10.9 Å². The van der Waals surface area contributed by atoms with Crippen LogP contribution in [-0.4, -0.2) is 17.6 Å². The van der Waals surface area contributed by atoms with Crippen molar-refractivity contribution >= 4 is 10.9 Å². The van der Waals surface area contributed by atoms with E-state index in [0.717, 1.165) is 30.6 Å². The predicted molar refractivity (Wildman–Crippen MR) is 77.7 cm³/mol. The number of hydrogen-bond acceptors (Lipinski definition) is 2. The average Bonchev–Trinajstić information content (AvgIpc) is 2.39. The fourth-order valence-electron chi connectivity index (χ4n) is 2.20. The minimum absolute atomic E-state index is 0.432. The molecule has 1 unspecified atom stereocenters. The maximum Gasteiger partial charge on any atom is 0.0705 e. The van der Waals surface area contributed by atoms with Gasteiger partial charge in [0, 0.05) is 23.5 Å². The third-order valence-corrected chi connectivity index (χ3v) is 3.06. The number of para-hydroxylation sites is 1. The van der Waals surface area contributed by atoms with E-state index in [-0.39, 0.29) is 0 Å². The molecule has 0 saturated heterocycles. The summed E-state index contributed by atoms with van der Waals surface area (Å²) in [4.78, 5) is 4.71. The maximum atomic E-state index is 4.71. The molecular weight excluding hydrogens is 220 g/mol. The van der Waals surface area contributed by atoms with Crippen molar-refractivity contribution in [3.63, 3.8) is 0 Å². The Morgan fingerprint density at radius 1 is 1.28 bits per heavy atom. The lowest BCUT2D eigenvalue weighted by atomic mass is 10.1. The third kappa shape index (κ3) is 3.17. The zero-order valence-electron chi connectivity index (χ0n) is 10.9. The molecule has 1 aromatic heterocycles. The van der Waals surface area contributed by atoms with Gasteiger partial charge in [-0.15, -0.1) is 6.58 Å². The molecule has 0 fully saturated rings. The number of nitrogens with zero attached hydrogens (tertiary/aromatic N) is 1. The van der Waals surface area contributed by atoms with Crippen LogP contribution in [0.15, 0.2) is 49.1 Å². The van der Waals surface area contributed by atoms with Gasteiger partial charge in [0.1, 0.15) is 0 Å². The van der Waals surface area contributed by atoms with Gasteiger partial charge in [-0.2, -0.15) is 0 Å². The Kier molecular flexibility index (Phi) is 4.48. The van der Waals surface area contributed by atoms with E-state index in [2.05, 4.69) is 43.1 Å². The van der Waals surface area contributed by atoms with Crippen LogP contribution in [0.5, 0.6) is 0 Å². The molecule has 1 aromatic carbocycles. The van der Waals surface area contributed by atoms with Crippen molar-refractivity contribution in [3.8, 4) is 0 Å². The molecule has 0 aliphatic rings. The van der Waals surface area contributed by atoms with E-state index in [1.807, 2.05) is 18.2 Å². The van der Waals surface area contributed by atoms with Gasteiger partial charge in [-0.25, -0.2) is 0 Å². The molecule has 0 aliphatic carbocycles. The zero-order valence-corrected chi connectivity index (χ0v) is 10.9. The number of aromatic nitrogens is 1. The Morgan fingerprint density at radius 3 is 2.89 bits per heavy atom. The molecule has 1 N–H and O–H groups in total. The molecule has 0 radical (unpaired) electrons. The molecule has 2 rings (SSSR count). The lowest BCUT2D eigenvalue weighted by molar-refractivity contribution is 0.525. The number of pyridine rings is 1. The second kappa shape index (κ2) is 6.31. The van der Waals surface area contributed by atoms with Crippen molar-refractivity contribution in [2.75, 3.05) is 6.54 Å². The first-order valence-electron chi connectivity index (χ1n) is 6.52. The first-order chi connectivity index (χ1) is 8.83. The van der Waals surface area contributed by atoms with Crippen molar-refractivity contribution in [1.29, 1.82) is 0 Å². The highest BCUT2D eigenvalue weighted by Gasteiger charge is 2.07. The molecule has 0 saturated carbocycles. The maximum absolute atomic E-state index is 4.71. The molecule has 2 heteroatoms. The molecule has 1 atom stereocenters. The number of likely N-dealkylation sites (N-methyl/N-ethyl adjacent to an activating group) is 1. The third-order valence-electron chi connectivity index (χ3n) is 3.06. The van der Waals surface area contributed by atoms with Crippen LogP contribution < -0.4 is 5.32 Å². The first-order valence-corrected chi connectivity index (χ1v) is 6.52. The van der Waals surface area contributed by atoms with Gasteiger partial charge in [-0.3, -0.25) is 4.98 Å². The van der Waals surface area contributed by atoms with Crippen LogP contribution >= 0.6 is 0 Å². The van der Waals surface area contributed by atoms with E-state index in [0.29, 0.717) is 6.04 Å². The minimum Gasteiger partial charge on any atom is -0.314 e. The molecule has 0 amide bonds. The summed E-state index contributed by atoms with van der Waals surface area (Å²) in [6.45, 7) is 6.92. The first kappa shape index (κ1) is 12.8. The largest absolute Gasteiger partial charge is 0.314 e. The summed E-state index contributed by atoms with van der Waals surface area (Å²) < 4.78 is 0. The summed E-state index contributed by atoms with van der Waals surface area (Å²) in [6.07, 6.45) is 3.89. The lowest BCUT2D eigenvalue weighted by Crippen LogP contribution is -2.30. The molecule has 0 spiro atoms. The van der Waals surface area contributed by atoms with Crippen LogP contribution in [-0.2, 0) is 6.42 Å².